The van der Waals surface area contributed by atoms with Gasteiger partial charge in [0.15, 0.2) is 0 Å². The summed E-state index contributed by atoms with van der Waals surface area (Å²) in [6, 6.07) is 7.07. The fourth-order valence-corrected chi connectivity index (χ4v) is 3.53. The topological polar surface area (TPSA) is 71.1 Å². The van der Waals surface area contributed by atoms with Crippen LogP contribution in [0.5, 0.6) is 0 Å². The van der Waals surface area contributed by atoms with E-state index in [2.05, 4.69) is 28.9 Å². The number of sulfonamides is 1. The molecule has 2 aromatic rings. The van der Waals surface area contributed by atoms with Gasteiger partial charge in [0.2, 0.25) is 0 Å². The van der Waals surface area contributed by atoms with Crippen molar-refractivity contribution in [3.05, 3.63) is 35.8 Å². The van der Waals surface area contributed by atoms with Crippen LogP contribution >= 0.6 is 11.3 Å². The maximum Gasteiger partial charge on any atom is 0.272 e. The van der Waals surface area contributed by atoms with E-state index in [1.54, 1.807) is 29.8 Å². The molecule has 0 saturated carbocycles. The van der Waals surface area contributed by atoms with Gasteiger partial charge in [0, 0.05) is 6.04 Å². The normalized spacial score (nSPS) is 12.9. The lowest BCUT2D eigenvalue weighted by Gasteiger charge is -2.13. The van der Waals surface area contributed by atoms with Crippen molar-refractivity contribution in [2.24, 2.45) is 0 Å². The summed E-state index contributed by atoms with van der Waals surface area (Å²) in [7, 11) is -3.52. The third kappa shape index (κ3) is 3.71. The molecule has 0 amide bonds. The number of rotatable bonds is 6. The van der Waals surface area contributed by atoms with Crippen molar-refractivity contribution in [3.8, 4) is 0 Å². The Labute approximate surface area is 123 Å². The molecule has 0 spiro atoms. The predicted molar refractivity (Wildman–Crippen MR) is 82.7 cm³/mol. The van der Waals surface area contributed by atoms with Gasteiger partial charge in [-0.2, -0.15) is 0 Å². The smallest absolute Gasteiger partial charge is 0.272 e. The largest absolute Gasteiger partial charge is 0.381 e. The average molecular weight is 311 g/mol. The molecule has 0 bridgehead atoms. The van der Waals surface area contributed by atoms with Crippen molar-refractivity contribution in [1.29, 1.82) is 0 Å². The minimum absolute atomic E-state index is 0.279. The first-order valence-electron chi connectivity index (χ1n) is 6.30. The summed E-state index contributed by atoms with van der Waals surface area (Å²) in [5.41, 5.74) is 0.874. The van der Waals surface area contributed by atoms with Crippen molar-refractivity contribution in [3.63, 3.8) is 0 Å². The molecule has 0 aliphatic carbocycles. The van der Waals surface area contributed by atoms with Crippen molar-refractivity contribution in [2.45, 2.75) is 30.5 Å². The maximum atomic E-state index is 12.0. The highest BCUT2D eigenvalue weighted by Crippen LogP contribution is 2.20. The summed E-state index contributed by atoms with van der Waals surface area (Å²) < 4.78 is 26.8. The molecule has 2 heterocycles. The molecule has 0 aliphatic heterocycles. The third-order valence-corrected chi connectivity index (χ3v) is 5.54. The molecule has 0 fully saturated rings. The Morgan fingerprint density at radius 1 is 1.35 bits per heavy atom. The standard InChI is InChI=1S/C13H17N3O2S2/c1-3-10(2)15-11-6-7-12(14-9-11)16-20(17,18)13-5-4-8-19-13/h4-10,15H,3H2,1-2H3,(H,14,16). The molecule has 0 saturated heterocycles. The highest BCUT2D eigenvalue weighted by atomic mass is 32.2. The molecule has 2 aromatic heterocycles. The first kappa shape index (κ1) is 14.8. The molecule has 108 valence electrons. The van der Waals surface area contributed by atoms with Crippen LogP contribution in [0.25, 0.3) is 0 Å². The van der Waals surface area contributed by atoms with Gasteiger partial charge in [-0.05, 0) is 36.9 Å². The molecule has 5 nitrogen and oxygen atoms in total. The zero-order valence-corrected chi connectivity index (χ0v) is 13.0. The number of thiophene rings is 1. The highest BCUT2D eigenvalue weighted by molar-refractivity contribution is 7.94. The molecule has 2 N–H and O–H groups in total. The van der Waals surface area contributed by atoms with Crippen LogP contribution in [-0.2, 0) is 10.0 Å². The zero-order chi connectivity index (χ0) is 14.6. The van der Waals surface area contributed by atoms with Gasteiger partial charge in [0.25, 0.3) is 10.0 Å². The van der Waals surface area contributed by atoms with Crippen LogP contribution in [0.1, 0.15) is 20.3 Å². The van der Waals surface area contributed by atoms with Gasteiger partial charge in [-0.25, -0.2) is 13.4 Å². The van der Waals surface area contributed by atoms with Crippen molar-refractivity contribution >= 4 is 32.9 Å². The Balaban J connectivity index is 2.08. The molecule has 0 aromatic carbocycles. The monoisotopic (exact) mass is 311 g/mol. The van der Waals surface area contributed by atoms with Crippen molar-refractivity contribution < 1.29 is 8.42 Å². The van der Waals surface area contributed by atoms with E-state index < -0.39 is 10.0 Å². The lowest BCUT2D eigenvalue weighted by Crippen LogP contribution is -2.15. The van der Waals surface area contributed by atoms with Gasteiger partial charge in [0.1, 0.15) is 10.0 Å². The summed E-state index contributed by atoms with van der Waals surface area (Å²) >= 11 is 1.17. The Kier molecular flexibility index (Phi) is 4.61. The Morgan fingerprint density at radius 2 is 2.15 bits per heavy atom. The summed E-state index contributed by atoms with van der Waals surface area (Å²) in [4.78, 5) is 4.11. The van der Waals surface area contributed by atoms with E-state index in [-0.39, 0.29) is 4.21 Å². The van der Waals surface area contributed by atoms with Gasteiger partial charge in [-0.1, -0.05) is 13.0 Å². The summed E-state index contributed by atoms with van der Waals surface area (Å²) in [6.45, 7) is 4.17. The second-order valence-electron chi connectivity index (χ2n) is 4.42. The second kappa shape index (κ2) is 6.23. The molecule has 20 heavy (non-hydrogen) atoms. The van der Waals surface area contributed by atoms with Crippen LogP contribution in [0.15, 0.2) is 40.1 Å². The number of hydrogen-bond donors (Lipinski definition) is 2. The quantitative estimate of drug-likeness (QED) is 0.859. The molecular formula is C13H17N3O2S2. The minimum Gasteiger partial charge on any atom is -0.381 e. The molecule has 1 atom stereocenters. The van der Waals surface area contributed by atoms with E-state index in [1.807, 2.05) is 6.07 Å². The van der Waals surface area contributed by atoms with Gasteiger partial charge >= 0.3 is 0 Å². The zero-order valence-electron chi connectivity index (χ0n) is 11.3. The van der Waals surface area contributed by atoms with E-state index in [0.29, 0.717) is 11.9 Å². The van der Waals surface area contributed by atoms with Crippen LogP contribution in [0.2, 0.25) is 0 Å². The van der Waals surface area contributed by atoms with E-state index >= 15 is 0 Å². The van der Waals surface area contributed by atoms with Crippen molar-refractivity contribution in [2.75, 3.05) is 10.0 Å². The van der Waals surface area contributed by atoms with E-state index in [1.165, 1.54) is 11.3 Å². The Bertz CT molecular complexity index is 637. The number of hydrogen-bond acceptors (Lipinski definition) is 5. The van der Waals surface area contributed by atoms with Crippen LogP contribution in [0.3, 0.4) is 0 Å². The van der Waals surface area contributed by atoms with Gasteiger partial charge in [-0.15, -0.1) is 11.3 Å². The lowest BCUT2D eigenvalue weighted by atomic mass is 10.2. The van der Waals surface area contributed by atoms with Gasteiger partial charge < -0.3 is 5.32 Å². The number of anilines is 2. The first-order chi connectivity index (χ1) is 9.51. The van der Waals surface area contributed by atoms with Crippen LogP contribution < -0.4 is 10.0 Å². The molecule has 1 unspecified atom stereocenters. The number of nitrogens with one attached hydrogen (secondary N) is 2. The Morgan fingerprint density at radius 3 is 2.70 bits per heavy atom. The molecule has 0 aliphatic rings. The number of pyridine rings is 1. The third-order valence-electron chi connectivity index (χ3n) is 2.79. The highest BCUT2D eigenvalue weighted by Gasteiger charge is 2.15. The van der Waals surface area contributed by atoms with E-state index in [0.717, 1.165) is 12.1 Å². The Hall–Kier alpha value is -1.60. The first-order valence-corrected chi connectivity index (χ1v) is 8.66. The fraction of sp³-hybridized carbons (Fsp3) is 0.308. The van der Waals surface area contributed by atoms with Crippen LogP contribution in [0.4, 0.5) is 11.5 Å². The second-order valence-corrected chi connectivity index (χ2v) is 7.28. The lowest BCUT2D eigenvalue weighted by molar-refractivity contribution is 0.603. The minimum atomic E-state index is -3.52. The average Bonchev–Trinajstić information content (AvgIpc) is 2.95. The number of aromatic nitrogens is 1. The summed E-state index contributed by atoms with van der Waals surface area (Å²) in [5, 5.41) is 4.99. The summed E-state index contributed by atoms with van der Waals surface area (Å²) in [5.74, 6) is 0.313. The number of nitrogens with zero attached hydrogens (tertiary/aromatic N) is 1. The van der Waals surface area contributed by atoms with Gasteiger partial charge in [-0.3, -0.25) is 4.72 Å². The molecule has 0 radical (unpaired) electrons. The maximum absolute atomic E-state index is 12.0. The molecule has 2 rings (SSSR count). The summed E-state index contributed by atoms with van der Waals surface area (Å²) in [6.07, 6.45) is 2.63. The van der Waals surface area contributed by atoms with E-state index in [9.17, 15) is 8.42 Å². The van der Waals surface area contributed by atoms with Crippen molar-refractivity contribution in [1.82, 2.24) is 4.98 Å². The van der Waals surface area contributed by atoms with Crippen LogP contribution in [0, 0.1) is 0 Å². The molecule has 7 heteroatoms. The van der Waals surface area contributed by atoms with Crippen LogP contribution in [-0.4, -0.2) is 19.4 Å². The fourth-order valence-electron chi connectivity index (χ4n) is 1.53. The SMILES string of the molecule is CCC(C)Nc1ccc(NS(=O)(=O)c2cccs2)nc1. The van der Waals surface area contributed by atoms with E-state index in [4.69, 9.17) is 0 Å². The molecular weight excluding hydrogens is 294 g/mol. The predicted octanol–water partition coefficient (Wildman–Crippen LogP) is 3.15. The van der Waals surface area contributed by atoms with Gasteiger partial charge in [0.05, 0.1) is 11.9 Å².